The third kappa shape index (κ3) is 3.28. The maximum atomic E-state index is 10.9. The van der Waals surface area contributed by atoms with Crippen molar-refractivity contribution in [3.63, 3.8) is 0 Å². The van der Waals surface area contributed by atoms with Crippen molar-refractivity contribution in [1.29, 1.82) is 0 Å². The van der Waals surface area contributed by atoms with Crippen molar-refractivity contribution >= 4 is 19.7 Å². The number of ether oxygens (including phenoxy) is 1. The van der Waals surface area contributed by atoms with Crippen LogP contribution in [-0.2, 0) is 14.8 Å². The van der Waals surface area contributed by atoms with Crippen LogP contribution in [0.1, 0.15) is 11.1 Å². The maximum Gasteiger partial charge on any atom is 0.236 e. The molecule has 0 heterocycles. The fourth-order valence-corrected chi connectivity index (χ4v) is 2.25. The van der Waals surface area contributed by atoms with Gasteiger partial charge in [0.25, 0.3) is 0 Å². The van der Waals surface area contributed by atoms with Gasteiger partial charge in [0.05, 0.1) is 12.9 Å². The van der Waals surface area contributed by atoms with Gasteiger partial charge >= 0.3 is 0 Å². The van der Waals surface area contributed by atoms with Gasteiger partial charge in [0.1, 0.15) is 0 Å². The number of halogens is 1. The number of phenols is 1. The van der Waals surface area contributed by atoms with Crippen LogP contribution in [0.5, 0.6) is 11.5 Å². The molecule has 0 radical (unpaired) electrons. The van der Waals surface area contributed by atoms with Crippen LogP contribution in [0.2, 0.25) is 0 Å². The average Bonchev–Trinajstić information content (AvgIpc) is 2.08. The summed E-state index contributed by atoms with van der Waals surface area (Å²) in [5, 5.41) is 9.45. The zero-order valence-electron chi connectivity index (χ0n) is 8.32. The second kappa shape index (κ2) is 4.28. The fourth-order valence-electron chi connectivity index (χ4n) is 1.22. The van der Waals surface area contributed by atoms with Gasteiger partial charge in [0.2, 0.25) is 9.05 Å². The van der Waals surface area contributed by atoms with Crippen molar-refractivity contribution in [2.24, 2.45) is 0 Å². The Morgan fingerprint density at radius 3 is 2.53 bits per heavy atom. The minimum atomic E-state index is -3.62. The normalized spacial score (nSPS) is 11.4. The summed E-state index contributed by atoms with van der Waals surface area (Å²) in [7, 11) is 2.93. The standard InChI is InChI=1S/C9H11ClO4S/c1-6-3-9(14-2)8(11)4-7(6)5-15(10,12)13/h3-4,11H,5H2,1-2H3. The molecule has 0 atom stereocenters. The summed E-state index contributed by atoms with van der Waals surface area (Å²) in [5.74, 6) is -0.0977. The molecule has 0 aliphatic rings. The van der Waals surface area contributed by atoms with Gasteiger partial charge < -0.3 is 9.84 Å². The molecule has 0 saturated carbocycles. The molecule has 0 saturated heterocycles. The lowest BCUT2D eigenvalue weighted by atomic mass is 10.1. The average molecular weight is 251 g/mol. The Morgan fingerprint density at radius 1 is 1.47 bits per heavy atom. The molecular weight excluding hydrogens is 240 g/mol. The van der Waals surface area contributed by atoms with E-state index in [1.165, 1.54) is 13.2 Å². The highest BCUT2D eigenvalue weighted by Crippen LogP contribution is 2.30. The van der Waals surface area contributed by atoms with Crippen molar-refractivity contribution in [2.45, 2.75) is 12.7 Å². The monoisotopic (exact) mass is 250 g/mol. The van der Waals surface area contributed by atoms with Gasteiger partial charge in [0.15, 0.2) is 11.5 Å². The number of methoxy groups -OCH3 is 1. The van der Waals surface area contributed by atoms with Crippen LogP contribution in [-0.4, -0.2) is 20.6 Å². The predicted octanol–water partition coefficient (Wildman–Crippen LogP) is 1.78. The molecule has 4 nitrogen and oxygen atoms in total. The topological polar surface area (TPSA) is 63.6 Å². The molecule has 1 rings (SSSR count). The van der Waals surface area contributed by atoms with Crippen molar-refractivity contribution in [1.82, 2.24) is 0 Å². The van der Waals surface area contributed by atoms with E-state index in [2.05, 4.69) is 0 Å². The molecule has 15 heavy (non-hydrogen) atoms. The first kappa shape index (κ1) is 12.1. The van der Waals surface area contributed by atoms with Crippen molar-refractivity contribution in [2.75, 3.05) is 7.11 Å². The van der Waals surface area contributed by atoms with E-state index < -0.39 is 9.05 Å². The molecule has 0 spiro atoms. The zero-order chi connectivity index (χ0) is 11.6. The summed E-state index contributed by atoms with van der Waals surface area (Å²) in [4.78, 5) is 0. The summed E-state index contributed by atoms with van der Waals surface area (Å²) in [6.45, 7) is 1.72. The highest BCUT2D eigenvalue weighted by molar-refractivity contribution is 8.13. The van der Waals surface area contributed by atoms with E-state index in [9.17, 15) is 13.5 Å². The number of rotatable bonds is 3. The Labute approximate surface area is 92.9 Å². The van der Waals surface area contributed by atoms with Crippen molar-refractivity contribution in [3.05, 3.63) is 23.3 Å². The Kier molecular flexibility index (Phi) is 3.46. The molecule has 0 bridgehead atoms. The first-order chi connectivity index (χ1) is 6.83. The Balaban J connectivity index is 3.17. The number of benzene rings is 1. The number of hydrogen-bond donors (Lipinski definition) is 1. The van der Waals surface area contributed by atoms with Gasteiger partial charge in [-0.25, -0.2) is 8.42 Å². The first-order valence-electron chi connectivity index (χ1n) is 4.12. The van der Waals surface area contributed by atoms with Gasteiger partial charge in [-0.1, -0.05) is 0 Å². The SMILES string of the molecule is COc1cc(C)c(CS(=O)(=O)Cl)cc1O. The molecule has 84 valence electrons. The zero-order valence-corrected chi connectivity index (χ0v) is 9.89. The molecule has 1 aromatic rings. The number of aryl methyl sites for hydroxylation is 1. The van der Waals surface area contributed by atoms with Crippen LogP contribution in [0.25, 0.3) is 0 Å². The molecular formula is C9H11ClO4S. The molecule has 6 heteroatoms. The van der Waals surface area contributed by atoms with Gasteiger partial charge in [-0.2, -0.15) is 0 Å². The molecule has 0 aromatic heterocycles. The third-order valence-corrected chi connectivity index (χ3v) is 2.95. The lowest BCUT2D eigenvalue weighted by molar-refractivity contribution is 0.373. The van der Waals surface area contributed by atoms with Gasteiger partial charge in [-0.05, 0) is 30.2 Å². The van der Waals surface area contributed by atoms with Gasteiger partial charge in [-0.3, -0.25) is 0 Å². The van der Waals surface area contributed by atoms with E-state index in [-0.39, 0.29) is 11.5 Å². The second-order valence-corrected chi connectivity index (χ2v) is 5.91. The number of phenolic OH excluding ortho intramolecular Hbond substituents is 1. The van der Waals surface area contributed by atoms with Crippen LogP contribution < -0.4 is 4.74 Å². The van der Waals surface area contributed by atoms with E-state index >= 15 is 0 Å². The largest absolute Gasteiger partial charge is 0.504 e. The van der Waals surface area contributed by atoms with E-state index in [1.54, 1.807) is 13.0 Å². The summed E-state index contributed by atoms with van der Waals surface area (Å²) < 4.78 is 26.6. The minimum Gasteiger partial charge on any atom is -0.504 e. The Bertz CT molecular complexity index is 467. The quantitative estimate of drug-likeness (QED) is 0.831. The highest BCUT2D eigenvalue weighted by Gasteiger charge is 2.12. The van der Waals surface area contributed by atoms with Gasteiger partial charge in [-0.15, -0.1) is 0 Å². The van der Waals surface area contributed by atoms with Crippen LogP contribution in [0.4, 0.5) is 0 Å². The summed E-state index contributed by atoms with van der Waals surface area (Å²) >= 11 is 0. The Morgan fingerprint density at radius 2 is 2.07 bits per heavy atom. The lowest BCUT2D eigenvalue weighted by Crippen LogP contribution is -1.98. The first-order valence-corrected chi connectivity index (χ1v) is 6.60. The van der Waals surface area contributed by atoms with Gasteiger partial charge in [0, 0.05) is 10.7 Å². The van der Waals surface area contributed by atoms with E-state index in [0.717, 1.165) is 0 Å². The molecule has 1 N–H and O–H groups in total. The lowest BCUT2D eigenvalue weighted by Gasteiger charge is -2.08. The van der Waals surface area contributed by atoms with Crippen molar-refractivity contribution in [3.8, 4) is 11.5 Å². The second-order valence-electron chi connectivity index (χ2n) is 3.13. The van der Waals surface area contributed by atoms with Crippen LogP contribution >= 0.6 is 10.7 Å². The van der Waals surface area contributed by atoms with E-state index in [0.29, 0.717) is 16.9 Å². The molecule has 1 aromatic carbocycles. The summed E-state index contributed by atoms with van der Waals surface area (Å²) in [6, 6.07) is 2.90. The number of hydrogen-bond acceptors (Lipinski definition) is 4. The summed E-state index contributed by atoms with van der Waals surface area (Å²) in [5.41, 5.74) is 1.16. The maximum absolute atomic E-state index is 10.9. The smallest absolute Gasteiger partial charge is 0.236 e. The van der Waals surface area contributed by atoms with Crippen LogP contribution in [0.15, 0.2) is 12.1 Å². The fraction of sp³-hybridized carbons (Fsp3) is 0.333. The predicted molar refractivity (Wildman–Crippen MR) is 57.9 cm³/mol. The molecule has 0 amide bonds. The molecule has 0 fully saturated rings. The third-order valence-electron chi connectivity index (χ3n) is 1.97. The molecule has 0 aliphatic heterocycles. The highest BCUT2D eigenvalue weighted by atomic mass is 35.7. The molecule has 0 unspecified atom stereocenters. The van der Waals surface area contributed by atoms with Crippen LogP contribution in [0.3, 0.4) is 0 Å². The van der Waals surface area contributed by atoms with Crippen molar-refractivity contribution < 1.29 is 18.3 Å². The van der Waals surface area contributed by atoms with Crippen LogP contribution in [0, 0.1) is 6.92 Å². The number of aromatic hydroxyl groups is 1. The van der Waals surface area contributed by atoms with E-state index in [1.807, 2.05) is 0 Å². The van der Waals surface area contributed by atoms with E-state index in [4.69, 9.17) is 15.4 Å². The molecule has 0 aliphatic carbocycles. The minimum absolute atomic E-state index is 0.0987. The summed E-state index contributed by atoms with van der Waals surface area (Å²) in [6.07, 6.45) is 0. The Hall–Kier alpha value is -0.940.